The number of hydrogen-bond donors (Lipinski definition) is 1. The zero-order chi connectivity index (χ0) is 13.7. The van der Waals surface area contributed by atoms with Gasteiger partial charge in [-0.2, -0.15) is 0 Å². The summed E-state index contributed by atoms with van der Waals surface area (Å²) in [6.07, 6.45) is 0.142. The normalized spacial score (nSPS) is 10.2. The zero-order valence-electron chi connectivity index (χ0n) is 10.2. The van der Waals surface area contributed by atoms with E-state index in [1.165, 1.54) is 12.1 Å². The number of halogens is 2. The highest BCUT2D eigenvalue weighted by Gasteiger charge is 2.05. The average Bonchev–Trinajstić information content (AvgIpc) is 2.38. The maximum Gasteiger partial charge on any atom is 0.228 e. The number of anilines is 1. The van der Waals surface area contributed by atoms with E-state index in [9.17, 15) is 9.18 Å². The van der Waals surface area contributed by atoms with Gasteiger partial charge >= 0.3 is 0 Å². The average molecular weight is 278 g/mol. The molecule has 4 heteroatoms. The lowest BCUT2D eigenvalue weighted by Crippen LogP contribution is -2.14. The molecule has 0 saturated carbocycles. The van der Waals surface area contributed by atoms with E-state index in [2.05, 4.69) is 5.32 Å². The predicted molar refractivity (Wildman–Crippen MR) is 74.7 cm³/mol. The van der Waals surface area contributed by atoms with Gasteiger partial charge in [0.25, 0.3) is 0 Å². The van der Waals surface area contributed by atoms with Gasteiger partial charge in [-0.25, -0.2) is 4.39 Å². The van der Waals surface area contributed by atoms with Crippen molar-refractivity contribution in [2.24, 2.45) is 0 Å². The first kappa shape index (κ1) is 13.6. The first-order valence-corrected chi connectivity index (χ1v) is 6.40. The molecule has 19 heavy (non-hydrogen) atoms. The van der Waals surface area contributed by atoms with E-state index in [1.54, 1.807) is 18.2 Å². The number of benzene rings is 2. The second-order valence-corrected chi connectivity index (χ2v) is 4.46. The molecule has 0 atom stereocenters. The molecule has 1 N–H and O–H groups in total. The topological polar surface area (TPSA) is 29.1 Å². The van der Waals surface area contributed by atoms with Crippen molar-refractivity contribution in [3.8, 4) is 0 Å². The van der Waals surface area contributed by atoms with Crippen LogP contribution >= 0.6 is 11.6 Å². The lowest BCUT2D eigenvalue weighted by molar-refractivity contribution is -0.115. The van der Waals surface area contributed by atoms with Crippen LogP contribution in [-0.4, -0.2) is 5.91 Å². The van der Waals surface area contributed by atoms with E-state index in [0.717, 1.165) is 5.56 Å². The van der Waals surface area contributed by atoms with E-state index >= 15 is 0 Å². The van der Waals surface area contributed by atoms with Crippen LogP contribution in [0.1, 0.15) is 11.1 Å². The van der Waals surface area contributed by atoms with Gasteiger partial charge in [-0.05, 0) is 35.4 Å². The fraction of sp³-hybridized carbons (Fsp3) is 0.133. The van der Waals surface area contributed by atoms with Crippen molar-refractivity contribution < 1.29 is 9.18 Å². The smallest absolute Gasteiger partial charge is 0.228 e. The van der Waals surface area contributed by atoms with Gasteiger partial charge in [0.05, 0.1) is 6.42 Å². The van der Waals surface area contributed by atoms with Gasteiger partial charge in [-0.3, -0.25) is 4.79 Å². The van der Waals surface area contributed by atoms with Gasteiger partial charge in [0.2, 0.25) is 5.91 Å². The quantitative estimate of drug-likeness (QED) is 0.848. The van der Waals surface area contributed by atoms with Crippen molar-refractivity contribution in [3.63, 3.8) is 0 Å². The van der Waals surface area contributed by atoms with Crippen LogP contribution in [0.25, 0.3) is 0 Å². The Morgan fingerprint density at radius 1 is 1.11 bits per heavy atom. The van der Waals surface area contributed by atoms with Crippen LogP contribution in [0.4, 0.5) is 10.1 Å². The SMILES string of the molecule is O=C(Cc1cccc(F)c1)Nc1cccc(CCl)c1. The molecule has 0 spiro atoms. The van der Waals surface area contributed by atoms with Gasteiger partial charge in [0.1, 0.15) is 5.82 Å². The number of carbonyl (C=O) groups is 1. The van der Waals surface area contributed by atoms with Crippen LogP contribution in [0.2, 0.25) is 0 Å². The Kier molecular flexibility index (Phi) is 4.53. The van der Waals surface area contributed by atoms with Crippen LogP contribution in [0.15, 0.2) is 48.5 Å². The Morgan fingerprint density at radius 3 is 2.58 bits per heavy atom. The van der Waals surface area contributed by atoms with Crippen LogP contribution in [0.3, 0.4) is 0 Å². The highest BCUT2D eigenvalue weighted by atomic mass is 35.5. The molecule has 0 aliphatic rings. The molecular formula is C15H13ClFNO. The lowest BCUT2D eigenvalue weighted by Gasteiger charge is -2.06. The van der Waals surface area contributed by atoms with Crippen LogP contribution in [-0.2, 0) is 17.1 Å². The zero-order valence-corrected chi connectivity index (χ0v) is 11.0. The molecule has 0 unspecified atom stereocenters. The number of alkyl halides is 1. The lowest BCUT2D eigenvalue weighted by atomic mass is 10.1. The van der Waals surface area contributed by atoms with Crippen molar-refractivity contribution >= 4 is 23.2 Å². The Morgan fingerprint density at radius 2 is 1.84 bits per heavy atom. The first-order valence-electron chi connectivity index (χ1n) is 5.86. The summed E-state index contributed by atoms with van der Waals surface area (Å²) in [5.41, 5.74) is 2.27. The molecule has 0 fully saturated rings. The Labute approximate surface area is 116 Å². The summed E-state index contributed by atoms with van der Waals surface area (Å²) in [4.78, 5) is 11.8. The summed E-state index contributed by atoms with van der Waals surface area (Å²) in [5, 5.41) is 2.76. The number of amides is 1. The standard InChI is InChI=1S/C15H13ClFNO/c16-10-12-4-2-6-14(8-12)18-15(19)9-11-3-1-5-13(17)7-11/h1-8H,9-10H2,(H,18,19). The van der Waals surface area contributed by atoms with Gasteiger partial charge in [0.15, 0.2) is 0 Å². The third kappa shape index (κ3) is 4.07. The minimum atomic E-state index is -0.338. The molecule has 0 aromatic heterocycles. The van der Waals surface area contributed by atoms with Crippen molar-refractivity contribution in [1.29, 1.82) is 0 Å². The van der Waals surface area contributed by atoms with Crippen molar-refractivity contribution in [3.05, 3.63) is 65.5 Å². The fourth-order valence-corrected chi connectivity index (χ4v) is 1.94. The van der Waals surface area contributed by atoms with Crippen LogP contribution in [0.5, 0.6) is 0 Å². The molecule has 0 bridgehead atoms. The maximum atomic E-state index is 13.0. The second-order valence-electron chi connectivity index (χ2n) is 4.19. The van der Waals surface area contributed by atoms with Crippen molar-refractivity contribution in [2.75, 3.05) is 5.32 Å². The molecule has 0 radical (unpaired) electrons. The maximum absolute atomic E-state index is 13.0. The largest absolute Gasteiger partial charge is 0.326 e. The Balaban J connectivity index is 2.01. The Bertz CT molecular complexity index is 586. The molecule has 98 valence electrons. The molecule has 0 saturated heterocycles. The molecule has 2 nitrogen and oxygen atoms in total. The van der Waals surface area contributed by atoms with Gasteiger partial charge in [-0.15, -0.1) is 11.6 Å². The Hall–Kier alpha value is -1.87. The van der Waals surface area contributed by atoms with Crippen molar-refractivity contribution in [1.82, 2.24) is 0 Å². The van der Waals surface area contributed by atoms with E-state index in [-0.39, 0.29) is 18.1 Å². The van der Waals surface area contributed by atoms with E-state index in [1.807, 2.05) is 18.2 Å². The highest BCUT2D eigenvalue weighted by Crippen LogP contribution is 2.13. The molecule has 1 amide bonds. The van der Waals surface area contributed by atoms with Gasteiger partial charge in [0, 0.05) is 11.6 Å². The second kappa shape index (κ2) is 6.34. The highest BCUT2D eigenvalue weighted by molar-refractivity contribution is 6.17. The summed E-state index contributed by atoms with van der Waals surface area (Å²) in [6, 6.07) is 13.3. The van der Waals surface area contributed by atoms with E-state index < -0.39 is 0 Å². The molecule has 2 aromatic rings. The first-order chi connectivity index (χ1) is 9.17. The molecule has 0 aliphatic carbocycles. The monoisotopic (exact) mass is 277 g/mol. The van der Waals surface area contributed by atoms with Crippen LogP contribution in [0, 0.1) is 5.82 Å². The van der Waals surface area contributed by atoms with E-state index in [0.29, 0.717) is 17.1 Å². The number of nitrogens with one attached hydrogen (secondary N) is 1. The number of carbonyl (C=O) groups excluding carboxylic acids is 1. The molecule has 2 aromatic carbocycles. The number of hydrogen-bond acceptors (Lipinski definition) is 1. The molecule has 0 heterocycles. The summed E-state index contributed by atoms with van der Waals surface area (Å²) in [7, 11) is 0. The van der Waals surface area contributed by atoms with Crippen LogP contribution < -0.4 is 5.32 Å². The summed E-state index contributed by atoms with van der Waals surface area (Å²) in [5.74, 6) is -0.125. The minimum Gasteiger partial charge on any atom is -0.326 e. The minimum absolute atomic E-state index is 0.142. The van der Waals surface area contributed by atoms with E-state index in [4.69, 9.17) is 11.6 Å². The van der Waals surface area contributed by atoms with Gasteiger partial charge in [-0.1, -0.05) is 24.3 Å². The number of rotatable bonds is 4. The fourth-order valence-electron chi connectivity index (χ4n) is 1.77. The summed E-state index contributed by atoms with van der Waals surface area (Å²) < 4.78 is 13.0. The molecule has 0 aliphatic heterocycles. The third-order valence-electron chi connectivity index (χ3n) is 2.62. The third-order valence-corrected chi connectivity index (χ3v) is 2.93. The molecular weight excluding hydrogens is 265 g/mol. The van der Waals surface area contributed by atoms with Crippen molar-refractivity contribution in [2.45, 2.75) is 12.3 Å². The summed E-state index contributed by atoms with van der Waals surface area (Å²) >= 11 is 5.73. The molecule has 2 rings (SSSR count). The van der Waals surface area contributed by atoms with Gasteiger partial charge < -0.3 is 5.32 Å². The summed E-state index contributed by atoms with van der Waals surface area (Å²) in [6.45, 7) is 0. The predicted octanol–water partition coefficient (Wildman–Crippen LogP) is 3.75.